The van der Waals surface area contributed by atoms with Crippen molar-refractivity contribution in [3.63, 3.8) is 0 Å². The lowest BCUT2D eigenvalue weighted by molar-refractivity contribution is -0.145. The van der Waals surface area contributed by atoms with E-state index in [2.05, 4.69) is 0 Å². The van der Waals surface area contributed by atoms with Gasteiger partial charge in [0.05, 0.1) is 0 Å². The minimum absolute atomic E-state index is 0.0493. The van der Waals surface area contributed by atoms with Crippen LogP contribution >= 0.6 is 0 Å². The summed E-state index contributed by atoms with van der Waals surface area (Å²) >= 11 is 0. The van der Waals surface area contributed by atoms with Gasteiger partial charge in [0.25, 0.3) is 0 Å². The van der Waals surface area contributed by atoms with Crippen molar-refractivity contribution in [2.24, 2.45) is 5.92 Å². The van der Waals surface area contributed by atoms with Crippen LogP contribution in [0.4, 0.5) is 4.39 Å². The van der Waals surface area contributed by atoms with Gasteiger partial charge >= 0.3 is 0 Å². The summed E-state index contributed by atoms with van der Waals surface area (Å²) in [5.41, 5.74) is 0.813. The Labute approximate surface area is 141 Å². The molecule has 0 aromatic heterocycles. The molecule has 1 heterocycles. The number of amides is 2. The second kappa shape index (κ2) is 6.19. The molecular formula is C19H23FN2O2. The number of carbonyl (C=O) groups excluding carboxylic acids is 2. The van der Waals surface area contributed by atoms with Gasteiger partial charge in [-0.3, -0.25) is 9.59 Å². The summed E-state index contributed by atoms with van der Waals surface area (Å²) in [5, 5.41) is 0. The molecule has 0 spiro atoms. The van der Waals surface area contributed by atoms with Gasteiger partial charge in [0, 0.05) is 25.0 Å². The van der Waals surface area contributed by atoms with E-state index in [0.717, 1.165) is 44.1 Å². The third kappa shape index (κ3) is 3.17. The van der Waals surface area contributed by atoms with E-state index in [-0.39, 0.29) is 35.6 Å². The molecule has 0 radical (unpaired) electrons. The molecule has 0 unspecified atom stereocenters. The van der Waals surface area contributed by atoms with Crippen molar-refractivity contribution in [3.8, 4) is 0 Å². The molecule has 2 saturated carbocycles. The number of rotatable bonds is 5. The highest BCUT2D eigenvalue weighted by atomic mass is 19.1. The quantitative estimate of drug-likeness (QED) is 0.833. The second-order valence-corrected chi connectivity index (χ2v) is 7.29. The van der Waals surface area contributed by atoms with E-state index in [0.29, 0.717) is 13.1 Å². The van der Waals surface area contributed by atoms with E-state index in [4.69, 9.17) is 0 Å². The van der Waals surface area contributed by atoms with Crippen LogP contribution in [-0.2, 0) is 16.1 Å². The fourth-order valence-electron chi connectivity index (χ4n) is 3.65. The van der Waals surface area contributed by atoms with E-state index in [1.807, 2.05) is 11.0 Å². The van der Waals surface area contributed by atoms with Crippen LogP contribution in [0, 0.1) is 11.7 Å². The Morgan fingerprint density at radius 3 is 2.62 bits per heavy atom. The molecular weight excluding hydrogens is 307 g/mol. The normalized spacial score (nSPS) is 23.4. The highest BCUT2D eigenvalue weighted by molar-refractivity contribution is 5.90. The van der Waals surface area contributed by atoms with Crippen molar-refractivity contribution in [3.05, 3.63) is 35.6 Å². The Kier molecular flexibility index (Phi) is 4.02. The van der Waals surface area contributed by atoms with Gasteiger partial charge in [-0.1, -0.05) is 12.1 Å². The maximum atomic E-state index is 13.4. The number of hydrogen-bond donors (Lipinski definition) is 0. The van der Waals surface area contributed by atoms with Crippen molar-refractivity contribution in [1.82, 2.24) is 9.80 Å². The van der Waals surface area contributed by atoms with Crippen molar-refractivity contribution in [2.75, 3.05) is 6.54 Å². The zero-order valence-electron chi connectivity index (χ0n) is 13.8. The first-order valence-electron chi connectivity index (χ1n) is 8.99. The standard InChI is InChI=1S/C19H23FN2O2/c20-15-4-1-3-13(11-15)12-22(16-8-9-16)19(24)17-5-2-10-21(17)18(23)14-6-7-14/h1,3-4,11,14,16-17H,2,5-10,12H2/t17-/m1/s1. The Balaban J connectivity index is 1.50. The Hall–Kier alpha value is -1.91. The van der Waals surface area contributed by atoms with E-state index >= 15 is 0 Å². The largest absolute Gasteiger partial charge is 0.334 e. The molecule has 5 heteroatoms. The van der Waals surface area contributed by atoms with Gasteiger partial charge in [-0.05, 0) is 56.2 Å². The van der Waals surface area contributed by atoms with Crippen LogP contribution in [0.3, 0.4) is 0 Å². The molecule has 4 nitrogen and oxygen atoms in total. The predicted molar refractivity (Wildman–Crippen MR) is 87.4 cm³/mol. The SMILES string of the molecule is O=C([C@H]1CCCN1C(=O)C1CC1)N(Cc1cccc(F)c1)C1CC1. The van der Waals surface area contributed by atoms with Crippen LogP contribution in [0.1, 0.15) is 44.1 Å². The lowest BCUT2D eigenvalue weighted by Gasteiger charge is -2.30. The molecule has 128 valence electrons. The molecule has 1 aliphatic heterocycles. The highest BCUT2D eigenvalue weighted by Gasteiger charge is 2.44. The van der Waals surface area contributed by atoms with Crippen LogP contribution in [0.15, 0.2) is 24.3 Å². The fraction of sp³-hybridized carbons (Fsp3) is 0.579. The first-order valence-corrected chi connectivity index (χ1v) is 8.99. The van der Waals surface area contributed by atoms with Crippen LogP contribution in [-0.4, -0.2) is 40.2 Å². The van der Waals surface area contributed by atoms with Crippen molar-refractivity contribution in [2.45, 2.75) is 57.2 Å². The van der Waals surface area contributed by atoms with Gasteiger partial charge in [-0.25, -0.2) is 4.39 Å². The molecule has 2 aliphatic carbocycles. The van der Waals surface area contributed by atoms with Gasteiger partial charge < -0.3 is 9.80 Å². The lowest BCUT2D eigenvalue weighted by Crippen LogP contribution is -2.48. The lowest BCUT2D eigenvalue weighted by atomic mass is 10.1. The topological polar surface area (TPSA) is 40.6 Å². The molecule has 24 heavy (non-hydrogen) atoms. The van der Waals surface area contributed by atoms with Crippen LogP contribution in [0.5, 0.6) is 0 Å². The molecule has 4 rings (SSSR count). The third-order valence-corrected chi connectivity index (χ3v) is 5.26. The number of likely N-dealkylation sites (tertiary alicyclic amines) is 1. The van der Waals surface area contributed by atoms with Crippen LogP contribution in [0.2, 0.25) is 0 Å². The third-order valence-electron chi connectivity index (χ3n) is 5.26. The Morgan fingerprint density at radius 1 is 1.17 bits per heavy atom. The van der Waals surface area contributed by atoms with Gasteiger partial charge in [-0.15, -0.1) is 0 Å². The highest BCUT2D eigenvalue weighted by Crippen LogP contribution is 2.35. The summed E-state index contributed by atoms with van der Waals surface area (Å²) in [5.74, 6) is 0.0821. The van der Waals surface area contributed by atoms with Crippen molar-refractivity contribution < 1.29 is 14.0 Å². The summed E-state index contributed by atoms with van der Waals surface area (Å²) in [7, 11) is 0. The van der Waals surface area contributed by atoms with Crippen LogP contribution < -0.4 is 0 Å². The first-order chi connectivity index (χ1) is 11.6. The molecule has 3 aliphatic rings. The van der Waals surface area contributed by atoms with Crippen molar-refractivity contribution >= 4 is 11.8 Å². The summed E-state index contributed by atoms with van der Waals surface area (Å²) in [6, 6.07) is 6.38. The van der Waals surface area contributed by atoms with Gasteiger partial charge in [0.1, 0.15) is 11.9 Å². The van der Waals surface area contributed by atoms with Gasteiger partial charge in [0.2, 0.25) is 11.8 Å². The van der Waals surface area contributed by atoms with Crippen LogP contribution in [0.25, 0.3) is 0 Å². The summed E-state index contributed by atoms with van der Waals surface area (Å²) in [4.78, 5) is 29.2. The average Bonchev–Trinajstić information content (AvgIpc) is 3.49. The van der Waals surface area contributed by atoms with E-state index in [1.165, 1.54) is 12.1 Å². The number of benzene rings is 1. The molecule has 2 amide bonds. The number of nitrogens with zero attached hydrogens (tertiary/aromatic N) is 2. The predicted octanol–water partition coefficient (Wildman–Crippen LogP) is 2.72. The zero-order valence-corrected chi connectivity index (χ0v) is 13.8. The minimum Gasteiger partial charge on any atom is -0.334 e. The fourth-order valence-corrected chi connectivity index (χ4v) is 3.65. The van der Waals surface area contributed by atoms with Crippen molar-refractivity contribution in [1.29, 1.82) is 0 Å². The zero-order chi connectivity index (χ0) is 16.7. The minimum atomic E-state index is -0.313. The molecule has 1 aromatic rings. The molecule has 0 bridgehead atoms. The van der Waals surface area contributed by atoms with Gasteiger partial charge in [0.15, 0.2) is 0 Å². The maximum Gasteiger partial charge on any atom is 0.245 e. The molecule has 1 aromatic carbocycles. The number of carbonyl (C=O) groups is 2. The maximum absolute atomic E-state index is 13.4. The number of hydrogen-bond acceptors (Lipinski definition) is 2. The van der Waals surface area contributed by atoms with E-state index in [1.54, 1.807) is 11.0 Å². The Bertz CT molecular complexity index is 655. The first kappa shape index (κ1) is 15.6. The molecule has 1 saturated heterocycles. The summed E-state index contributed by atoms with van der Waals surface area (Å²) in [6.45, 7) is 1.13. The second-order valence-electron chi connectivity index (χ2n) is 7.29. The average molecular weight is 330 g/mol. The van der Waals surface area contributed by atoms with E-state index in [9.17, 15) is 14.0 Å². The summed E-state index contributed by atoms with van der Waals surface area (Å²) in [6.07, 6.45) is 5.59. The van der Waals surface area contributed by atoms with Gasteiger partial charge in [-0.2, -0.15) is 0 Å². The summed E-state index contributed by atoms with van der Waals surface area (Å²) < 4.78 is 13.4. The Morgan fingerprint density at radius 2 is 1.96 bits per heavy atom. The smallest absolute Gasteiger partial charge is 0.245 e. The molecule has 1 atom stereocenters. The molecule has 0 N–H and O–H groups in total. The molecule has 3 fully saturated rings. The van der Waals surface area contributed by atoms with E-state index < -0.39 is 0 Å². The number of halogens is 1. The monoisotopic (exact) mass is 330 g/mol.